The Morgan fingerprint density at radius 3 is 2.95 bits per heavy atom. The molecular formula is C11H18N6O3. The normalized spacial score (nSPS) is 14.7. The zero-order valence-electron chi connectivity index (χ0n) is 11.3. The second-order valence-corrected chi connectivity index (χ2v) is 4.42. The van der Waals surface area contributed by atoms with E-state index in [2.05, 4.69) is 26.3 Å². The fraction of sp³-hybridized carbons (Fsp3) is 0.636. The van der Waals surface area contributed by atoms with E-state index < -0.39 is 5.91 Å². The molecule has 2 rings (SSSR count). The number of hydrogen-bond acceptors (Lipinski definition) is 6. The number of methoxy groups -OCH3 is 1. The van der Waals surface area contributed by atoms with Gasteiger partial charge in [-0.15, -0.1) is 5.10 Å². The Labute approximate surface area is 116 Å². The molecule has 0 spiro atoms. The first-order valence-corrected chi connectivity index (χ1v) is 6.37. The van der Waals surface area contributed by atoms with E-state index in [1.165, 1.54) is 0 Å². The number of ether oxygens (including phenoxy) is 1. The molecule has 20 heavy (non-hydrogen) atoms. The summed E-state index contributed by atoms with van der Waals surface area (Å²) < 4.78 is 6.46. The largest absolute Gasteiger partial charge is 0.383 e. The summed E-state index contributed by atoms with van der Waals surface area (Å²) in [5.41, 5.74) is 0.210. The first kappa shape index (κ1) is 14.4. The molecule has 3 N–H and O–H groups in total. The lowest BCUT2D eigenvalue weighted by Crippen LogP contribution is -2.43. The van der Waals surface area contributed by atoms with Gasteiger partial charge in [0, 0.05) is 26.7 Å². The van der Waals surface area contributed by atoms with Gasteiger partial charge in [0.05, 0.1) is 25.4 Å². The van der Waals surface area contributed by atoms with Crippen molar-refractivity contribution in [2.24, 2.45) is 0 Å². The van der Waals surface area contributed by atoms with Crippen LogP contribution in [0.1, 0.15) is 16.5 Å². The van der Waals surface area contributed by atoms with Crippen molar-refractivity contribution in [2.75, 3.05) is 39.9 Å². The fourth-order valence-corrected chi connectivity index (χ4v) is 1.63. The maximum Gasteiger partial charge on any atom is 0.273 e. The van der Waals surface area contributed by atoms with E-state index in [0.717, 1.165) is 13.1 Å². The highest BCUT2D eigenvalue weighted by Gasteiger charge is 2.21. The predicted molar refractivity (Wildman–Crippen MR) is 69.1 cm³/mol. The minimum Gasteiger partial charge on any atom is -0.383 e. The number of nitrogens with zero attached hydrogens (tertiary/aromatic N) is 3. The molecule has 1 aromatic rings. The summed E-state index contributed by atoms with van der Waals surface area (Å²) in [6.07, 6.45) is 1.59. The van der Waals surface area contributed by atoms with E-state index in [-0.39, 0.29) is 24.2 Å². The Kier molecular flexibility index (Phi) is 5.02. The minimum atomic E-state index is -0.412. The highest BCUT2D eigenvalue weighted by atomic mass is 16.5. The summed E-state index contributed by atoms with van der Waals surface area (Å²) >= 11 is 0. The first-order chi connectivity index (χ1) is 9.70. The summed E-state index contributed by atoms with van der Waals surface area (Å²) in [7, 11) is 1.55. The van der Waals surface area contributed by atoms with Crippen LogP contribution in [-0.2, 0) is 9.53 Å². The molecule has 0 bridgehead atoms. The van der Waals surface area contributed by atoms with Crippen molar-refractivity contribution in [3.63, 3.8) is 0 Å². The summed E-state index contributed by atoms with van der Waals surface area (Å²) in [4.78, 5) is 23.2. The number of hydrogen-bond donors (Lipinski definition) is 3. The summed E-state index contributed by atoms with van der Waals surface area (Å²) in [6, 6.07) is 0.251. The third-order valence-corrected chi connectivity index (χ3v) is 2.91. The molecule has 9 heteroatoms. The molecule has 2 heterocycles. The van der Waals surface area contributed by atoms with Crippen molar-refractivity contribution < 1.29 is 14.3 Å². The monoisotopic (exact) mass is 282 g/mol. The van der Waals surface area contributed by atoms with Crippen LogP contribution in [-0.4, -0.2) is 66.7 Å². The second-order valence-electron chi connectivity index (χ2n) is 4.42. The summed E-state index contributed by atoms with van der Waals surface area (Å²) in [5.74, 6) is -0.684. The second kappa shape index (κ2) is 6.96. The Balaban J connectivity index is 1.73. The number of aromatic nitrogens is 3. The molecule has 1 aliphatic rings. The van der Waals surface area contributed by atoms with Crippen molar-refractivity contribution in [1.82, 2.24) is 30.9 Å². The Morgan fingerprint density at radius 2 is 2.30 bits per heavy atom. The lowest BCUT2D eigenvalue weighted by atomic mass is 10.2. The van der Waals surface area contributed by atoms with Gasteiger partial charge in [0.15, 0.2) is 5.69 Å². The average Bonchev–Trinajstić information content (AvgIpc) is 2.83. The van der Waals surface area contributed by atoms with E-state index in [9.17, 15) is 9.59 Å². The number of nitrogens with one attached hydrogen (secondary N) is 3. The molecule has 1 saturated heterocycles. The summed E-state index contributed by atoms with van der Waals surface area (Å²) in [5, 5.41) is 15.9. The lowest BCUT2D eigenvalue weighted by molar-refractivity contribution is -0.120. The summed E-state index contributed by atoms with van der Waals surface area (Å²) in [6.45, 7) is 2.40. The van der Waals surface area contributed by atoms with Gasteiger partial charge in [-0.25, -0.2) is 4.68 Å². The molecule has 0 aromatic carbocycles. The van der Waals surface area contributed by atoms with Gasteiger partial charge < -0.3 is 20.7 Å². The van der Waals surface area contributed by atoms with E-state index in [1.54, 1.807) is 18.0 Å². The van der Waals surface area contributed by atoms with E-state index in [4.69, 9.17) is 4.74 Å². The molecule has 1 aliphatic heterocycles. The highest BCUT2D eigenvalue weighted by molar-refractivity contribution is 5.94. The van der Waals surface area contributed by atoms with Crippen LogP contribution in [0, 0.1) is 0 Å². The quantitative estimate of drug-likeness (QED) is 0.495. The van der Waals surface area contributed by atoms with Crippen molar-refractivity contribution in [2.45, 2.75) is 6.04 Å². The number of amides is 2. The van der Waals surface area contributed by atoms with Crippen molar-refractivity contribution in [3.8, 4) is 0 Å². The predicted octanol–water partition coefficient (Wildman–Crippen LogP) is -2.09. The van der Waals surface area contributed by atoms with E-state index in [0.29, 0.717) is 13.2 Å². The maximum absolute atomic E-state index is 11.8. The van der Waals surface area contributed by atoms with Gasteiger partial charge in [-0.2, -0.15) is 0 Å². The Hall–Kier alpha value is -2.00. The van der Waals surface area contributed by atoms with Crippen molar-refractivity contribution in [1.29, 1.82) is 0 Å². The van der Waals surface area contributed by atoms with Crippen LogP contribution in [0.4, 0.5) is 0 Å². The van der Waals surface area contributed by atoms with Crippen LogP contribution in [0.3, 0.4) is 0 Å². The van der Waals surface area contributed by atoms with Crippen LogP contribution in [0.25, 0.3) is 0 Å². The van der Waals surface area contributed by atoms with Gasteiger partial charge in [-0.1, -0.05) is 5.21 Å². The average molecular weight is 282 g/mol. The van der Waals surface area contributed by atoms with E-state index in [1.807, 2.05) is 0 Å². The Bertz CT molecular complexity index is 470. The van der Waals surface area contributed by atoms with Crippen LogP contribution >= 0.6 is 0 Å². The smallest absolute Gasteiger partial charge is 0.273 e. The molecule has 1 fully saturated rings. The number of rotatable bonds is 7. The lowest BCUT2D eigenvalue weighted by Gasteiger charge is -2.26. The molecule has 0 saturated carbocycles. The molecule has 0 atom stereocenters. The fourth-order valence-electron chi connectivity index (χ4n) is 1.63. The van der Waals surface area contributed by atoms with Gasteiger partial charge in [-0.3, -0.25) is 9.59 Å². The van der Waals surface area contributed by atoms with Crippen LogP contribution in [0.15, 0.2) is 6.20 Å². The van der Waals surface area contributed by atoms with Crippen LogP contribution in [0.2, 0.25) is 0 Å². The van der Waals surface area contributed by atoms with Gasteiger partial charge in [0.25, 0.3) is 5.91 Å². The molecule has 110 valence electrons. The molecule has 1 aromatic heterocycles. The zero-order chi connectivity index (χ0) is 14.4. The minimum absolute atomic E-state index is 0.0968. The van der Waals surface area contributed by atoms with Gasteiger partial charge in [0.1, 0.15) is 0 Å². The molecule has 0 unspecified atom stereocenters. The third kappa shape index (κ3) is 3.75. The molecule has 0 radical (unpaired) electrons. The number of carbonyl (C=O) groups is 2. The van der Waals surface area contributed by atoms with Gasteiger partial charge >= 0.3 is 0 Å². The van der Waals surface area contributed by atoms with E-state index >= 15 is 0 Å². The van der Waals surface area contributed by atoms with Gasteiger partial charge in [0.2, 0.25) is 5.91 Å². The number of carbonyl (C=O) groups excluding carboxylic acids is 2. The van der Waals surface area contributed by atoms with Crippen LogP contribution < -0.4 is 16.0 Å². The SMILES string of the molecule is COCCNC(=O)CNC(=O)c1cn(C2CNC2)nn1. The molecule has 9 nitrogen and oxygen atoms in total. The standard InChI is InChI=1S/C11H18N6O3/c1-20-3-2-13-10(18)6-14-11(19)9-7-17(16-15-9)8-4-12-5-8/h7-8,12H,2-6H2,1H3,(H,13,18)(H,14,19). The van der Waals surface area contributed by atoms with Crippen LogP contribution in [0.5, 0.6) is 0 Å². The maximum atomic E-state index is 11.8. The topological polar surface area (TPSA) is 110 Å². The zero-order valence-corrected chi connectivity index (χ0v) is 11.3. The van der Waals surface area contributed by atoms with Crippen molar-refractivity contribution in [3.05, 3.63) is 11.9 Å². The molecular weight excluding hydrogens is 264 g/mol. The van der Waals surface area contributed by atoms with Crippen molar-refractivity contribution >= 4 is 11.8 Å². The molecule has 2 amide bonds. The molecule has 0 aliphatic carbocycles. The van der Waals surface area contributed by atoms with Gasteiger partial charge in [-0.05, 0) is 0 Å². The highest BCUT2D eigenvalue weighted by Crippen LogP contribution is 2.09. The third-order valence-electron chi connectivity index (χ3n) is 2.91. The first-order valence-electron chi connectivity index (χ1n) is 6.37. The Morgan fingerprint density at radius 1 is 1.50 bits per heavy atom.